The molecule has 180 valence electrons. The van der Waals surface area contributed by atoms with Crippen LogP contribution in [0, 0.1) is 0 Å². The van der Waals surface area contributed by atoms with Crippen LogP contribution in [-0.2, 0) is 20.9 Å². The number of aromatic nitrogens is 2. The molecule has 2 heterocycles. The van der Waals surface area contributed by atoms with E-state index in [1.165, 1.54) is 9.58 Å². The van der Waals surface area contributed by atoms with E-state index >= 15 is 0 Å². The molecule has 2 aromatic carbocycles. The lowest BCUT2D eigenvalue weighted by molar-refractivity contribution is -0.763. The molecule has 1 aliphatic rings. The van der Waals surface area contributed by atoms with Crippen LogP contribution < -0.4 is 19.6 Å². The molecule has 1 N–H and O–H groups in total. The summed E-state index contributed by atoms with van der Waals surface area (Å²) in [4.78, 5) is 31.8. The molecule has 4 rings (SSSR count). The van der Waals surface area contributed by atoms with E-state index in [1.54, 1.807) is 26.5 Å². The largest absolute Gasteiger partial charge is 0.497 e. The van der Waals surface area contributed by atoms with Gasteiger partial charge in [0, 0.05) is 7.11 Å². The van der Waals surface area contributed by atoms with Crippen molar-refractivity contribution in [3.63, 3.8) is 0 Å². The SMILES string of the molecule is COCC[n+]1cc(NC(=O)CSC2=N/C(=C/c3ccc(OC)cc3)C(=O)N2c2ccccc2)on1. The second kappa shape index (κ2) is 11.4. The zero-order chi connectivity index (χ0) is 24.6. The van der Waals surface area contributed by atoms with E-state index in [9.17, 15) is 9.59 Å². The highest BCUT2D eigenvalue weighted by molar-refractivity contribution is 8.14. The first-order valence-corrected chi connectivity index (χ1v) is 11.7. The topological polar surface area (TPSA) is 110 Å². The summed E-state index contributed by atoms with van der Waals surface area (Å²) >= 11 is 1.15. The number of para-hydroxylation sites is 1. The van der Waals surface area contributed by atoms with Crippen molar-refractivity contribution in [2.24, 2.45) is 4.99 Å². The summed E-state index contributed by atoms with van der Waals surface area (Å²) in [5.74, 6) is 0.364. The van der Waals surface area contributed by atoms with Crippen molar-refractivity contribution in [1.82, 2.24) is 5.27 Å². The third-order valence-electron chi connectivity index (χ3n) is 4.89. The molecule has 2 amide bonds. The molecule has 3 aromatic rings. The predicted octanol–water partition coefficient (Wildman–Crippen LogP) is 2.73. The first kappa shape index (κ1) is 24.2. The molecule has 0 unspecified atom stereocenters. The number of rotatable bonds is 9. The number of nitrogens with zero attached hydrogens (tertiary/aromatic N) is 4. The van der Waals surface area contributed by atoms with E-state index in [-0.39, 0.29) is 29.1 Å². The first-order chi connectivity index (χ1) is 17.1. The summed E-state index contributed by atoms with van der Waals surface area (Å²) in [6.45, 7) is 0.967. The van der Waals surface area contributed by atoms with Gasteiger partial charge in [-0.25, -0.2) is 4.99 Å². The molecule has 1 aliphatic heterocycles. The fourth-order valence-corrected chi connectivity index (χ4v) is 4.00. The van der Waals surface area contributed by atoms with Gasteiger partial charge in [-0.1, -0.05) is 42.1 Å². The number of amidine groups is 1. The standard InChI is InChI=1S/C24H23N5O5S/c1-32-13-12-28-15-22(34-27-28)26-21(30)16-35-24-25-20(14-17-8-10-19(33-2)11-9-17)23(31)29(24)18-6-4-3-5-7-18/h3-11,14-15H,12-13,16H2,1-2H3/p+1/b20-14+. The van der Waals surface area contributed by atoms with Crippen molar-refractivity contribution >= 4 is 46.4 Å². The molecule has 0 saturated heterocycles. The molecule has 10 nitrogen and oxygen atoms in total. The van der Waals surface area contributed by atoms with Crippen molar-refractivity contribution < 1.29 is 28.3 Å². The van der Waals surface area contributed by atoms with Crippen LogP contribution in [0.1, 0.15) is 5.56 Å². The number of ether oxygens (including phenoxy) is 2. The lowest BCUT2D eigenvalue weighted by Crippen LogP contribution is -2.36. The second-order valence-corrected chi connectivity index (χ2v) is 8.27. The summed E-state index contributed by atoms with van der Waals surface area (Å²) in [5.41, 5.74) is 1.75. The van der Waals surface area contributed by atoms with E-state index in [0.717, 1.165) is 23.1 Å². The Balaban J connectivity index is 1.48. The number of carbonyl (C=O) groups excluding carboxylic acids is 2. The van der Waals surface area contributed by atoms with Crippen molar-refractivity contribution in [2.45, 2.75) is 6.54 Å². The van der Waals surface area contributed by atoms with Gasteiger partial charge < -0.3 is 9.47 Å². The molecule has 35 heavy (non-hydrogen) atoms. The maximum atomic E-state index is 13.2. The number of thioether (sulfide) groups is 1. The highest BCUT2D eigenvalue weighted by Gasteiger charge is 2.32. The minimum absolute atomic E-state index is 0.0179. The molecule has 0 atom stereocenters. The zero-order valence-electron chi connectivity index (χ0n) is 19.2. The van der Waals surface area contributed by atoms with Crippen molar-refractivity contribution in [2.75, 3.05) is 36.8 Å². The van der Waals surface area contributed by atoms with Crippen LogP contribution in [0.4, 0.5) is 11.6 Å². The summed E-state index contributed by atoms with van der Waals surface area (Å²) < 4.78 is 16.8. The van der Waals surface area contributed by atoms with E-state index in [1.807, 2.05) is 54.6 Å². The van der Waals surface area contributed by atoms with E-state index < -0.39 is 0 Å². The number of carbonyl (C=O) groups is 2. The molecular weight excluding hydrogens is 470 g/mol. The monoisotopic (exact) mass is 494 g/mol. The number of benzene rings is 2. The van der Waals surface area contributed by atoms with Gasteiger partial charge in [0.15, 0.2) is 5.17 Å². The van der Waals surface area contributed by atoms with Crippen LogP contribution in [0.2, 0.25) is 0 Å². The smallest absolute Gasteiger partial charge is 0.302 e. The summed E-state index contributed by atoms with van der Waals surface area (Å²) in [7, 11) is 3.19. The van der Waals surface area contributed by atoms with Crippen LogP contribution in [0.15, 0.2) is 76.0 Å². The van der Waals surface area contributed by atoms with Gasteiger partial charge in [0.1, 0.15) is 18.1 Å². The molecular formula is C24H24N5O5S+. The fraction of sp³-hybridized carbons (Fsp3) is 0.208. The average Bonchev–Trinajstić information content (AvgIpc) is 3.46. The molecule has 0 bridgehead atoms. The average molecular weight is 495 g/mol. The third kappa shape index (κ3) is 6.14. The van der Waals surface area contributed by atoms with Crippen LogP contribution >= 0.6 is 11.8 Å². The van der Waals surface area contributed by atoms with Gasteiger partial charge in [-0.05, 0) is 40.6 Å². The maximum absolute atomic E-state index is 13.2. The van der Waals surface area contributed by atoms with Gasteiger partial charge in [0.05, 0.1) is 18.6 Å². The minimum Gasteiger partial charge on any atom is -0.497 e. The zero-order valence-corrected chi connectivity index (χ0v) is 20.0. The van der Waals surface area contributed by atoms with Crippen LogP contribution in [-0.4, -0.2) is 48.8 Å². The fourth-order valence-electron chi connectivity index (χ4n) is 3.18. The molecule has 0 radical (unpaired) electrons. The van der Waals surface area contributed by atoms with Crippen molar-refractivity contribution in [1.29, 1.82) is 0 Å². The van der Waals surface area contributed by atoms with Gasteiger partial charge >= 0.3 is 5.88 Å². The first-order valence-electron chi connectivity index (χ1n) is 10.7. The quantitative estimate of drug-likeness (QED) is 0.360. The number of anilines is 2. The number of hydrogen-bond donors (Lipinski definition) is 1. The Hall–Kier alpha value is -3.96. The number of aliphatic imine (C=N–C) groups is 1. The molecule has 1 aromatic heterocycles. The van der Waals surface area contributed by atoms with Gasteiger partial charge in [-0.15, -0.1) is 0 Å². The summed E-state index contributed by atoms with van der Waals surface area (Å²) in [5, 5.41) is 6.88. The molecule has 0 fully saturated rings. The van der Waals surface area contributed by atoms with Gasteiger partial charge in [-0.3, -0.25) is 24.3 Å². The predicted molar refractivity (Wildman–Crippen MR) is 132 cm³/mol. The number of hydrogen-bond acceptors (Lipinski definition) is 8. The van der Waals surface area contributed by atoms with Gasteiger partial charge in [0.2, 0.25) is 17.7 Å². The van der Waals surface area contributed by atoms with Crippen LogP contribution in [0.3, 0.4) is 0 Å². The Morgan fingerprint density at radius 3 is 2.66 bits per heavy atom. The molecule has 0 saturated carbocycles. The summed E-state index contributed by atoms with van der Waals surface area (Å²) in [6.07, 6.45) is 3.28. The Kier molecular flexibility index (Phi) is 7.91. The highest BCUT2D eigenvalue weighted by atomic mass is 32.2. The molecule has 0 spiro atoms. The van der Waals surface area contributed by atoms with Gasteiger partial charge in [-0.2, -0.15) is 0 Å². The van der Waals surface area contributed by atoms with Crippen molar-refractivity contribution in [3.05, 3.63) is 72.1 Å². The van der Waals surface area contributed by atoms with E-state index in [0.29, 0.717) is 24.0 Å². The van der Waals surface area contributed by atoms with E-state index in [2.05, 4.69) is 15.6 Å². The lowest BCUT2D eigenvalue weighted by Gasteiger charge is -2.17. The summed E-state index contributed by atoms with van der Waals surface area (Å²) in [6, 6.07) is 16.5. The normalized spacial score (nSPS) is 14.3. The van der Waals surface area contributed by atoms with Crippen LogP contribution in [0.5, 0.6) is 5.75 Å². The number of amides is 2. The maximum Gasteiger partial charge on any atom is 0.302 e. The van der Waals surface area contributed by atoms with Gasteiger partial charge in [0.25, 0.3) is 12.1 Å². The Labute approximate surface area is 206 Å². The number of methoxy groups -OCH3 is 2. The molecule has 11 heteroatoms. The minimum atomic E-state index is -0.319. The Morgan fingerprint density at radius 1 is 1.17 bits per heavy atom. The molecule has 0 aliphatic carbocycles. The van der Waals surface area contributed by atoms with E-state index in [4.69, 9.17) is 14.0 Å². The van der Waals surface area contributed by atoms with Crippen molar-refractivity contribution in [3.8, 4) is 5.75 Å². The third-order valence-corrected chi connectivity index (χ3v) is 5.83. The Morgan fingerprint density at radius 2 is 1.94 bits per heavy atom. The number of nitrogens with one attached hydrogen (secondary N) is 1. The lowest BCUT2D eigenvalue weighted by atomic mass is 10.2. The highest BCUT2D eigenvalue weighted by Crippen LogP contribution is 2.29. The van der Waals surface area contributed by atoms with Crippen LogP contribution in [0.25, 0.3) is 6.08 Å². The second-order valence-electron chi connectivity index (χ2n) is 7.33. The Bertz CT molecular complexity index is 1240.